The molecule has 3 rings (SSSR count). The van der Waals surface area contributed by atoms with Crippen LogP contribution in [0, 0.1) is 0 Å². The number of benzene rings is 1. The van der Waals surface area contributed by atoms with Crippen molar-refractivity contribution < 1.29 is 4.79 Å². The molecule has 1 amide bonds. The largest absolute Gasteiger partial charge is 0.332 e. The molecule has 2 atom stereocenters. The molecule has 1 aromatic heterocycles. The highest BCUT2D eigenvalue weighted by molar-refractivity contribution is 7.21. The third-order valence-electron chi connectivity index (χ3n) is 4.16. The number of halogens is 1. The Balaban J connectivity index is 2.01. The van der Waals surface area contributed by atoms with E-state index in [0.29, 0.717) is 22.0 Å². The monoisotopic (exact) mass is 307 g/mol. The molecule has 0 radical (unpaired) electrons. The summed E-state index contributed by atoms with van der Waals surface area (Å²) in [6.45, 7) is 4.27. The molecule has 2 nitrogen and oxygen atoms in total. The van der Waals surface area contributed by atoms with Gasteiger partial charge >= 0.3 is 0 Å². The Bertz CT molecular complexity index is 641. The van der Waals surface area contributed by atoms with E-state index in [4.69, 9.17) is 11.6 Å². The molecule has 0 saturated carbocycles. The number of amides is 1. The van der Waals surface area contributed by atoms with Gasteiger partial charge in [-0.25, -0.2) is 0 Å². The molecule has 0 unspecified atom stereocenters. The summed E-state index contributed by atoms with van der Waals surface area (Å²) in [7, 11) is 0. The molecule has 0 bridgehead atoms. The quantitative estimate of drug-likeness (QED) is 0.729. The van der Waals surface area contributed by atoms with Gasteiger partial charge in [0.15, 0.2) is 0 Å². The summed E-state index contributed by atoms with van der Waals surface area (Å²) in [5.74, 6) is 0.0934. The van der Waals surface area contributed by atoms with Crippen LogP contribution in [-0.4, -0.2) is 22.9 Å². The van der Waals surface area contributed by atoms with Gasteiger partial charge in [0.05, 0.1) is 5.02 Å². The average Bonchev–Trinajstić information content (AvgIpc) is 2.76. The summed E-state index contributed by atoms with van der Waals surface area (Å²) in [6, 6.07) is 8.54. The van der Waals surface area contributed by atoms with Crippen molar-refractivity contribution in [3.05, 3.63) is 34.2 Å². The van der Waals surface area contributed by atoms with Crippen molar-refractivity contribution >= 4 is 38.9 Å². The molecule has 2 aromatic rings. The summed E-state index contributed by atoms with van der Waals surface area (Å²) in [4.78, 5) is 15.6. The van der Waals surface area contributed by atoms with E-state index in [0.717, 1.165) is 22.9 Å². The van der Waals surface area contributed by atoms with Crippen molar-refractivity contribution in [2.45, 2.75) is 45.2 Å². The molecular formula is C16H18ClNOS. The van der Waals surface area contributed by atoms with Gasteiger partial charge in [-0.1, -0.05) is 29.8 Å². The second-order valence-corrected chi connectivity index (χ2v) is 7.01. The van der Waals surface area contributed by atoms with Crippen LogP contribution in [0.3, 0.4) is 0 Å². The third kappa shape index (κ3) is 2.23. The topological polar surface area (TPSA) is 20.3 Å². The molecule has 1 fully saturated rings. The Morgan fingerprint density at radius 2 is 1.90 bits per heavy atom. The summed E-state index contributed by atoms with van der Waals surface area (Å²) < 4.78 is 1.08. The first-order chi connectivity index (χ1) is 9.59. The summed E-state index contributed by atoms with van der Waals surface area (Å²) in [5.41, 5.74) is 0. The first-order valence-electron chi connectivity index (χ1n) is 7.09. The minimum atomic E-state index is 0.0934. The average molecular weight is 308 g/mol. The van der Waals surface area contributed by atoms with E-state index in [2.05, 4.69) is 13.8 Å². The summed E-state index contributed by atoms with van der Waals surface area (Å²) in [5, 5.41) is 1.60. The Hall–Kier alpha value is -1.06. The van der Waals surface area contributed by atoms with Gasteiger partial charge in [0, 0.05) is 22.2 Å². The number of nitrogens with zero attached hydrogens (tertiary/aromatic N) is 1. The Kier molecular flexibility index (Phi) is 3.74. The predicted octanol–water partition coefficient (Wildman–Crippen LogP) is 4.96. The minimum absolute atomic E-state index is 0.0934. The highest BCUT2D eigenvalue weighted by Crippen LogP contribution is 2.37. The lowest BCUT2D eigenvalue weighted by molar-refractivity contribution is 0.0516. The van der Waals surface area contributed by atoms with Gasteiger partial charge in [-0.05, 0) is 39.2 Å². The highest BCUT2D eigenvalue weighted by atomic mass is 35.5. The van der Waals surface area contributed by atoms with Crippen LogP contribution in [0.25, 0.3) is 10.1 Å². The van der Waals surface area contributed by atoms with Gasteiger partial charge in [-0.3, -0.25) is 4.79 Å². The van der Waals surface area contributed by atoms with Crippen LogP contribution >= 0.6 is 22.9 Å². The van der Waals surface area contributed by atoms with Gasteiger partial charge in [0.1, 0.15) is 4.88 Å². The van der Waals surface area contributed by atoms with E-state index < -0.39 is 0 Å². The van der Waals surface area contributed by atoms with Gasteiger partial charge in [-0.2, -0.15) is 0 Å². The van der Waals surface area contributed by atoms with Gasteiger partial charge < -0.3 is 4.90 Å². The number of carbonyl (C=O) groups is 1. The lowest BCUT2D eigenvalue weighted by atomic mass is 9.97. The second kappa shape index (κ2) is 5.38. The fourth-order valence-electron chi connectivity index (χ4n) is 3.09. The van der Waals surface area contributed by atoms with Crippen LogP contribution in [0.15, 0.2) is 24.3 Å². The highest BCUT2D eigenvalue weighted by Gasteiger charge is 2.31. The molecule has 20 heavy (non-hydrogen) atoms. The first kappa shape index (κ1) is 13.9. The third-order valence-corrected chi connectivity index (χ3v) is 5.82. The summed E-state index contributed by atoms with van der Waals surface area (Å²) >= 11 is 7.94. The molecule has 0 N–H and O–H groups in total. The molecular weight excluding hydrogens is 290 g/mol. The van der Waals surface area contributed by atoms with E-state index in [1.54, 1.807) is 0 Å². The second-order valence-electron chi connectivity index (χ2n) is 5.58. The number of carbonyl (C=O) groups excluding carboxylic acids is 1. The van der Waals surface area contributed by atoms with Gasteiger partial charge in [0.25, 0.3) is 5.91 Å². The van der Waals surface area contributed by atoms with E-state index in [1.165, 1.54) is 17.8 Å². The zero-order valence-corrected chi connectivity index (χ0v) is 13.3. The molecule has 106 valence electrons. The van der Waals surface area contributed by atoms with Crippen LogP contribution in [-0.2, 0) is 0 Å². The van der Waals surface area contributed by atoms with Crippen molar-refractivity contribution in [1.29, 1.82) is 0 Å². The number of likely N-dealkylation sites (tertiary alicyclic amines) is 1. The van der Waals surface area contributed by atoms with E-state index in [9.17, 15) is 4.79 Å². The maximum Gasteiger partial charge on any atom is 0.265 e. The van der Waals surface area contributed by atoms with Gasteiger partial charge in [0.2, 0.25) is 0 Å². The molecule has 1 aliphatic heterocycles. The number of hydrogen-bond acceptors (Lipinski definition) is 2. The fraction of sp³-hybridized carbons (Fsp3) is 0.438. The number of hydrogen-bond donors (Lipinski definition) is 0. The Morgan fingerprint density at radius 3 is 2.55 bits per heavy atom. The van der Waals surface area contributed by atoms with Crippen molar-refractivity contribution in [2.24, 2.45) is 0 Å². The van der Waals surface area contributed by atoms with Crippen molar-refractivity contribution in [1.82, 2.24) is 4.90 Å². The normalized spacial score (nSPS) is 23.2. The molecule has 1 aromatic carbocycles. The smallest absolute Gasteiger partial charge is 0.265 e. The minimum Gasteiger partial charge on any atom is -0.332 e. The standard InChI is InChI=1S/C16H18ClNOS/c1-10-6-5-7-11(2)18(10)16(19)15-14(17)12-8-3-4-9-13(12)20-15/h3-4,8-11H,5-7H2,1-2H3/t10-,11-/m1/s1. The zero-order valence-electron chi connectivity index (χ0n) is 11.7. The SMILES string of the molecule is C[C@@H]1CCC[C@@H](C)N1C(=O)c1sc2ccccc2c1Cl. The summed E-state index contributed by atoms with van der Waals surface area (Å²) in [6.07, 6.45) is 3.36. The molecule has 2 heterocycles. The maximum absolute atomic E-state index is 12.9. The van der Waals surface area contributed by atoms with Gasteiger partial charge in [-0.15, -0.1) is 11.3 Å². The van der Waals surface area contributed by atoms with Crippen molar-refractivity contribution in [3.8, 4) is 0 Å². The maximum atomic E-state index is 12.9. The van der Waals surface area contributed by atoms with Crippen molar-refractivity contribution in [2.75, 3.05) is 0 Å². The predicted molar refractivity (Wildman–Crippen MR) is 85.8 cm³/mol. The number of thiophene rings is 1. The zero-order chi connectivity index (χ0) is 14.3. The van der Waals surface area contributed by atoms with E-state index in [1.807, 2.05) is 29.2 Å². The molecule has 0 spiro atoms. The van der Waals surface area contributed by atoms with Crippen LogP contribution < -0.4 is 0 Å². The van der Waals surface area contributed by atoms with E-state index in [-0.39, 0.29) is 5.91 Å². The Labute approximate surface area is 128 Å². The van der Waals surface area contributed by atoms with Crippen LogP contribution in [0.1, 0.15) is 42.8 Å². The molecule has 4 heteroatoms. The van der Waals surface area contributed by atoms with Crippen LogP contribution in [0.5, 0.6) is 0 Å². The van der Waals surface area contributed by atoms with Crippen molar-refractivity contribution in [3.63, 3.8) is 0 Å². The first-order valence-corrected chi connectivity index (χ1v) is 8.28. The van der Waals surface area contributed by atoms with E-state index >= 15 is 0 Å². The van der Waals surface area contributed by atoms with Crippen LogP contribution in [0.2, 0.25) is 5.02 Å². The molecule has 0 aliphatic carbocycles. The lowest BCUT2D eigenvalue weighted by Gasteiger charge is -2.38. The Morgan fingerprint density at radius 1 is 1.25 bits per heavy atom. The number of rotatable bonds is 1. The molecule has 1 saturated heterocycles. The van der Waals surface area contributed by atoms with Crippen LogP contribution in [0.4, 0.5) is 0 Å². The fourth-order valence-corrected chi connectivity index (χ4v) is 4.55. The number of fused-ring (bicyclic) bond motifs is 1. The lowest BCUT2D eigenvalue weighted by Crippen LogP contribution is -2.47. The number of piperidine rings is 1. The molecule has 1 aliphatic rings.